The van der Waals surface area contributed by atoms with Gasteiger partial charge in [-0.15, -0.1) is 11.3 Å². The van der Waals surface area contributed by atoms with E-state index in [1.807, 2.05) is 26.0 Å². The van der Waals surface area contributed by atoms with Crippen LogP contribution < -0.4 is 15.5 Å². The van der Waals surface area contributed by atoms with E-state index in [0.29, 0.717) is 29.5 Å². The van der Waals surface area contributed by atoms with Crippen LogP contribution in [0.1, 0.15) is 42.3 Å². The summed E-state index contributed by atoms with van der Waals surface area (Å²) >= 11 is 1.28. The number of ether oxygens (including phenoxy) is 1. The number of rotatable bonds is 9. The number of anilines is 1. The molecule has 11 heteroatoms. The number of hydroxylamine groups is 1. The van der Waals surface area contributed by atoms with Gasteiger partial charge in [-0.1, -0.05) is 12.1 Å². The van der Waals surface area contributed by atoms with Gasteiger partial charge in [0.2, 0.25) is 11.8 Å². The minimum absolute atomic E-state index is 0.120. The standard InChI is InChI=1S/C26H29N5O5S/c1-16-12-19(13-17(2)28-16)15-36-21-6-4-20(5-7-21)26(14-22(32)29-25-27-9-11-37-25)8-10-31(24(26)34)18(3)23(33)30-35/h4-7,9,11-13,18,35H,8,10,14-15H2,1-3H3,(H,30,33)(H,27,29,32). The number of carbonyl (C=O) groups is 3. The molecule has 0 bridgehead atoms. The van der Waals surface area contributed by atoms with Crippen LogP contribution in [0.2, 0.25) is 0 Å². The number of thiazole rings is 1. The van der Waals surface area contributed by atoms with E-state index in [4.69, 9.17) is 9.94 Å². The van der Waals surface area contributed by atoms with E-state index in [-0.39, 0.29) is 24.8 Å². The van der Waals surface area contributed by atoms with Gasteiger partial charge in [0.05, 0.1) is 5.41 Å². The van der Waals surface area contributed by atoms with Crippen molar-refractivity contribution in [3.8, 4) is 5.75 Å². The van der Waals surface area contributed by atoms with Crippen molar-refractivity contribution < 1.29 is 24.3 Å². The van der Waals surface area contributed by atoms with Gasteiger partial charge in [-0.25, -0.2) is 10.5 Å². The SMILES string of the molecule is Cc1cc(COc2ccc(C3(CC(=O)Nc4nccs4)CCN(C(C)C(=O)NO)C3=O)cc2)cc(C)n1. The van der Waals surface area contributed by atoms with Crippen LogP contribution >= 0.6 is 11.3 Å². The van der Waals surface area contributed by atoms with Crippen LogP contribution in [0.3, 0.4) is 0 Å². The summed E-state index contributed by atoms with van der Waals surface area (Å²) in [6.45, 7) is 6.03. The number of aryl methyl sites for hydroxylation is 2. The van der Waals surface area contributed by atoms with Crippen molar-refractivity contribution in [2.75, 3.05) is 11.9 Å². The number of likely N-dealkylation sites (tertiary alicyclic amines) is 1. The van der Waals surface area contributed by atoms with Crippen LogP contribution in [0.4, 0.5) is 5.13 Å². The summed E-state index contributed by atoms with van der Waals surface area (Å²) in [5.74, 6) is -0.780. The van der Waals surface area contributed by atoms with Crippen LogP contribution in [-0.4, -0.2) is 50.4 Å². The fourth-order valence-electron chi connectivity index (χ4n) is 4.70. The van der Waals surface area contributed by atoms with Crippen molar-refractivity contribution in [1.82, 2.24) is 20.3 Å². The van der Waals surface area contributed by atoms with Gasteiger partial charge in [0, 0.05) is 35.9 Å². The minimum atomic E-state index is -1.18. The highest BCUT2D eigenvalue weighted by Gasteiger charge is 2.51. The Hall–Kier alpha value is -3.83. The molecule has 1 aliphatic heterocycles. The molecule has 3 N–H and O–H groups in total. The van der Waals surface area contributed by atoms with Crippen molar-refractivity contribution in [3.05, 3.63) is 70.5 Å². The van der Waals surface area contributed by atoms with Crippen LogP contribution in [0.5, 0.6) is 5.75 Å². The summed E-state index contributed by atoms with van der Waals surface area (Å²) in [5.41, 5.74) is 3.91. The number of benzene rings is 1. The molecule has 4 rings (SSSR count). The summed E-state index contributed by atoms with van der Waals surface area (Å²) in [4.78, 5) is 48.6. The number of nitrogens with one attached hydrogen (secondary N) is 2. The first-order valence-corrected chi connectivity index (χ1v) is 12.7. The predicted molar refractivity (Wildman–Crippen MR) is 137 cm³/mol. The van der Waals surface area contributed by atoms with Crippen LogP contribution in [0.15, 0.2) is 48.0 Å². The molecule has 3 heterocycles. The summed E-state index contributed by atoms with van der Waals surface area (Å²) in [6.07, 6.45) is 1.79. The topological polar surface area (TPSA) is 134 Å². The third-order valence-corrected chi connectivity index (χ3v) is 7.19. The third kappa shape index (κ3) is 5.78. The fraction of sp³-hybridized carbons (Fsp3) is 0.346. The monoisotopic (exact) mass is 523 g/mol. The maximum atomic E-state index is 13.7. The Bertz CT molecular complexity index is 1260. The Balaban J connectivity index is 1.56. The van der Waals surface area contributed by atoms with Crippen LogP contribution in [0.25, 0.3) is 0 Å². The summed E-state index contributed by atoms with van der Waals surface area (Å²) in [6, 6.07) is 10.2. The van der Waals surface area contributed by atoms with E-state index in [1.54, 1.807) is 41.3 Å². The minimum Gasteiger partial charge on any atom is -0.489 e. The largest absolute Gasteiger partial charge is 0.489 e. The molecule has 2 unspecified atom stereocenters. The van der Waals surface area contributed by atoms with E-state index in [9.17, 15) is 14.4 Å². The van der Waals surface area contributed by atoms with Crippen molar-refractivity contribution in [2.24, 2.45) is 0 Å². The second-order valence-electron chi connectivity index (χ2n) is 9.12. The zero-order valence-corrected chi connectivity index (χ0v) is 21.7. The van der Waals surface area contributed by atoms with Crippen molar-refractivity contribution in [2.45, 2.75) is 51.7 Å². The van der Waals surface area contributed by atoms with Gasteiger partial charge >= 0.3 is 0 Å². The molecule has 3 amide bonds. The van der Waals surface area contributed by atoms with Gasteiger partial charge in [0.15, 0.2) is 5.13 Å². The number of nitrogens with zero attached hydrogens (tertiary/aromatic N) is 3. The highest BCUT2D eigenvalue weighted by Crippen LogP contribution is 2.41. The van der Waals surface area contributed by atoms with Crippen LogP contribution in [-0.2, 0) is 26.4 Å². The van der Waals surface area contributed by atoms with Crippen molar-refractivity contribution in [3.63, 3.8) is 0 Å². The Morgan fingerprint density at radius 1 is 1.22 bits per heavy atom. The molecule has 0 spiro atoms. The Morgan fingerprint density at radius 2 is 1.92 bits per heavy atom. The maximum Gasteiger partial charge on any atom is 0.265 e. The number of hydrogen-bond acceptors (Lipinski definition) is 8. The van der Waals surface area contributed by atoms with E-state index >= 15 is 0 Å². The zero-order chi connectivity index (χ0) is 26.6. The first-order valence-electron chi connectivity index (χ1n) is 11.8. The van der Waals surface area contributed by atoms with Gasteiger partial charge in [-0.05, 0) is 62.6 Å². The molecule has 2 aromatic heterocycles. The first-order chi connectivity index (χ1) is 17.7. The lowest BCUT2D eigenvalue weighted by atomic mass is 9.76. The Kier molecular flexibility index (Phi) is 7.84. The fourth-order valence-corrected chi connectivity index (χ4v) is 5.24. The van der Waals surface area contributed by atoms with E-state index in [2.05, 4.69) is 15.3 Å². The molecule has 37 heavy (non-hydrogen) atoms. The number of pyridine rings is 1. The number of amides is 3. The lowest BCUT2D eigenvalue weighted by Crippen LogP contribution is -2.48. The molecule has 0 saturated carbocycles. The Morgan fingerprint density at radius 3 is 2.54 bits per heavy atom. The lowest BCUT2D eigenvalue weighted by molar-refractivity contribution is -0.144. The highest BCUT2D eigenvalue weighted by molar-refractivity contribution is 7.13. The predicted octanol–water partition coefficient (Wildman–Crippen LogP) is 3.13. The van der Waals surface area contributed by atoms with E-state index in [0.717, 1.165) is 17.0 Å². The Labute approximate surface area is 218 Å². The molecule has 10 nitrogen and oxygen atoms in total. The van der Waals surface area contributed by atoms with E-state index < -0.39 is 17.4 Å². The average molecular weight is 524 g/mol. The normalized spacial score (nSPS) is 17.9. The van der Waals surface area contributed by atoms with Crippen LogP contribution in [0, 0.1) is 13.8 Å². The molecular formula is C26H29N5O5S. The molecule has 2 atom stereocenters. The second kappa shape index (κ2) is 11.1. The van der Waals surface area contributed by atoms with Gasteiger partial charge in [-0.3, -0.25) is 24.6 Å². The molecule has 0 aliphatic carbocycles. The van der Waals surface area contributed by atoms with Crippen molar-refractivity contribution in [1.29, 1.82) is 0 Å². The first kappa shape index (κ1) is 26.2. The molecule has 1 aliphatic rings. The summed E-state index contributed by atoms with van der Waals surface area (Å²) < 4.78 is 5.95. The highest BCUT2D eigenvalue weighted by atomic mass is 32.1. The van der Waals surface area contributed by atoms with Crippen molar-refractivity contribution >= 4 is 34.2 Å². The molecule has 1 saturated heterocycles. The number of carbonyl (C=O) groups excluding carboxylic acids is 3. The third-order valence-electron chi connectivity index (χ3n) is 6.50. The maximum absolute atomic E-state index is 13.7. The average Bonchev–Trinajstić information content (AvgIpc) is 3.50. The molecular weight excluding hydrogens is 494 g/mol. The van der Waals surface area contributed by atoms with Gasteiger partial charge in [-0.2, -0.15) is 0 Å². The quantitative estimate of drug-likeness (QED) is 0.290. The summed E-state index contributed by atoms with van der Waals surface area (Å²) in [7, 11) is 0. The van der Waals surface area contributed by atoms with Gasteiger partial charge < -0.3 is 15.0 Å². The van der Waals surface area contributed by atoms with Gasteiger partial charge in [0.25, 0.3) is 5.91 Å². The van der Waals surface area contributed by atoms with Gasteiger partial charge in [0.1, 0.15) is 18.4 Å². The molecule has 1 aromatic carbocycles. The molecule has 194 valence electrons. The molecule has 3 aromatic rings. The summed E-state index contributed by atoms with van der Waals surface area (Å²) in [5, 5.41) is 14.0. The second-order valence-corrected chi connectivity index (χ2v) is 10.0. The lowest BCUT2D eigenvalue weighted by Gasteiger charge is -2.30. The zero-order valence-electron chi connectivity index (χ0n) is 20.9. The smallest absolute Gasteiger partial charge is 0.265 e. The molecule has 1 fully saturated rings. The number of hydrogen-bond donors (Lipinski definition) is 3. The molecule has 0 radical (unpaired) electrons. The number of aromatic nitrogens is 2. The van der Waals surface area contributed by atoms with E-state index in [1.165, 1.54) is 23.2 Å².